The molecule has 1 saturated heterocycles. The molecule has 148 valence electrons. The molecule has 3 heterocycles. The van der Waals surface area contributed by atoms with Gasteiger partial charge in [-0.1, -0.05) is 12.1 Å². The highest BCUT2D eigenvalue weighted by molar-refractivity contribution is 7.86. The minimum absolute atomic E-state index is 0.234. The third-order valence-corrected chi connectivity index (χ3v) is 7.63. The maximum atomic E-state index is 12.7. The number of hydrogen-bond donors (Lipinski definition) is 0. The van der Waals surface area contributed by atoms with Crippen LogP contribution in [0.4, 0.5) is 0 Å². The Labute approximate surface area is 167 Å². The molecule has 1 aliphatic heterocycles. The number of hydrogen-bond acceptors (Lipinski definition) is 6. The van der Waals surface area contributed by atoms with Crippen molar-refractivity contribution in [3.63, 3.8) is 0 Å². The first-order valence-corrected chi connectivity index (χ1v) is 11.0. The smallest absolute Gasteiger partial charge is 0.289 e. The van der Waals surface area contributed by atoms with Crippen molar-refractivity contribution in [1.29, 1.82) is 0 Å². The van der Waals surface area contributed by atoms with Crippen molar-refractivity contribution in [3.05, 3.63) is 42.2 Å². The van der Waals surface area contributed by atoms with E-state index in [2.05, 4.69) is 4.98 Å². The fraction of sp³-hybridized carbons (Fsp3) is 0.333. The Morgan fingerprint density at radius 3 is 2.50 bits per heavy atom. The van der Waals surface area contributed by atoms with Crippen molar-refractivity contribution in [2.24, 2.45) is 0 Å². The second kappa shape index (κ2) is 7.28. The fourth-order valence-electron chi connectivity index (χ4n) is 3.05. The van der Waals surface area contributed by atoms with Crippen LogP contribution in [0.5, 0.6) is 0 Å². The number of piperazine rings is 1. The molecule has 8 nitrogen and oxygen atoms in total. The molecule has 0 spiro atoms. The van der Waals surface area contributed by atoms with Crippen LogP contribution in [0, 0.1) is 0 Å². The third-order valence-electron chi connectivity index (χ3n) is 4.64. The largest absolute Gasteiger partial charge is 0.448 e. The van der Waals surface area contributed by atoms with Crippen LogP contribution >= 0.6 is 11.3 Å². The summed E-state index contributed by atoms with van der Waals surface area (Å²) in [6.07, 6.45) is 0. The Bertz CT molecular complexity index is 1080. The molecule has 1 aromatic carbocycles. The molecule has 0 N–H and O–H groups in total. The van der Waals surface area contributed by atoms with Gasteiger partial charge in [0.2, 0.25) is 0 Å². The molecule has 28 heavy (non-hydrogen) atoms. The molecule has 10 heteroatoms. The molecular formula is C18H20N4O4S2. The Balaban J connectivity index is 1.47. The minimum atomic E-state index is -3.46. The predicted octanol–water partition coefficient (Wildman–Crippen LogP) is 2.12. The minimum Gasteiger partial charge on any atom is -0.448 e. The zero-order chi connectivity index (χ0) is 19.9. The standard InChI is InChI=1S/C18H20N4O4S2/c1-20(2)28(24,25)22-11-9-21(10-12-22)18(23)15-8-7-14(26-15)17-19-13-5-3-4-6-16(13)27-17/h3-8H,9-12H2,1-2H3. The van der Waals surface area contributed by atoms with Gasteiger partial charge in [-0.3, -0.25) is 4.79 Å². The highest BCUT2D eigenvalue weighted by Crippen LogP contribution is 2.31. The van der Waals surface area contributed by atoms with Crippen LogP contribution < -0.4 is 0 Å². The number of carbonyl (C=O) groups is 1. The van der Waals surface area contributed by atoms with E-state index in [0.717, 1.165) is 15.2 Å². The molecule has 0 saturated carbocycles. The van der Waals surface area contributed by atoms with Crippen molar-refractivity contribution in [3.8, 4) is 10.8 Å². The third kappa shape index (κ3) is 3.44. The van der Waals surface area contributed by atoms with Crippen LogP contribution in [-0.4, -0.2) is 73.1 Å². The van der Waals surface area contributed by atoms with E-state index in [4.69, 9.17) is 4.42 Å². The van der Waals surface area contributed by atoms with Gasteiger partial charge in [0.15, 0.2) is 16.5 Å². The second-order valence-corrected chi connectivity index (χ2v) is 9.81. The van der Waals surface area contributed by atoms with E-state index in [-0.39, 0.29) is 24.8 Å². The van der Waals surface area contributed by atoms with Crippen LogP contribution in [0.1, 0.15) is 10.6 Å². The zero-order valence-corrected chi connectivity index (χ0v) is 17.2. The summed E-state index contributed by atoms with van der Waals surface area (Å²) in [6, 6.07) is 11.2. The second-order valence-electron chi connectivity index (χ2n) is 6.63. The average Bonchev–Trinajstić information content (AvgIpc) is 3.34. The van der Waals surface area contributed by atoms with E-state index >= 15 is 0 Å². The maximum Gasteiger partial charge on any atom is 0.289 e. The summed E-state index contributed by atoms with van der Waals surface area (Å²) in [6.45, 7) is 1.17. The molecule has 1 amide bonds. The zero-order valence-electron chi connectivity index (χ0n) is 15.5. The Hall–Kier alpha value is -2.27. The lowest BCUT2D eigenvalue weighted by molar-refractivity contribution is 0.0664. The van der Waals surface area contributed by atoms with Crippen LogP contribution in [-0.2, 0) is 10.2 Å². The van der Waals surface area contributed by atoms with Gasteiger partial charge in [0.25, 0.3) is 16.1 Å². The van der Waals surface area contributed by atoms with Crippen molar-refractivity contribution >= 4 is 37.7 Å². The van der Waals surface area contributed by atoms with Gasteiger partial charge < -0.3 is 9.32 Å². The monoisotopic (exact) mass is 420 g/mol. The van der Waals surface area contributed by atoms with Gasteiger partial charge in [-0.05, 0) is 24.3 Å². The summed E-state index contributed by atoms with van der Waals surface area (Å²) >= 11 is 1.51. The number of rotatable bonds is 4. The fourth-order valence-corrected chi connectivity index (χ4v) is 5.07. The highest BCUT2D eigenvalue weighted by Gasteiger charge is 2.31. The van der Waals surface area contributed by atoms with Gasteiger partial charge in [0, 0.05) is 40.3 Å². The van der Waals surface area contributed by atoms with Crippen molar-refractivity contribution in [1.82, 2.24) is 18.5 Å². The lowest BCUT2D eigenvalue weighted by Crippen LogP contribution is -2.53. The summed E-state index contributed by atoms with van der Waals surface area (Å²) in [4.78, 5) is 18.9. The van der Waals surface area contributed by atoms with Gasteiger partial charge in [-0.15, -0.1) is 11.3 Å². The topological polar surface area (TPSA) is 87.0 Å². The number of fused-ring (bicyclic) bond motifs is 1. The molecule has 4 rings (SSSR count). The first kappa shape index (κ1) is 19.1. The molecule has 0 atom stereocenters. The summed E-state index contributed by atoms with van der Waals surface area (Å²) in [7, 11) is -0.462. The molecule has 2 aromatic heterocycles. The van der Waals surface area contributed by atoms with Gasteiger partial charge in [0.05, 0.1) is 10.2 Å². The van der Waals surface area contributed by atoms with Crippen LogP contribution in [0.2, 0.25) is 0 Å². The predicted molar refractivity (Wildman–Crippen MR) is 107 cm³/mol. The van der Waals surface area contributed by atoms with Crippen molar-refractivity contribution in [2.45, 2.75) is 0 Å². The summed E-state index contributed by atoms with van der Waals surface area (Å²) < 4.78 is 33.8. The van der Waals surface area contributed by atoms with E-state index < -0.39 is 10.2 Å². The Morgan fingerprint density at radius 2 is 1.82 bits per heavy atom. The van der Waals surface area contributed by atoms with E-state index in [1.54, 1.807) is 17.0 Å². The van der Waals surface area contributed by atoms with E-state index in [0.29, 0.717) is 18.8 Å². The normalized spacial score (nSPS) is 16.2. The average molecular weight is 421 g/mol. The molecule has 0 radical (unpaired) electrons. The number of para-hydroxylation sites is 1. The summed E-state index contributed by atoms with van der Waals surface area (Å²) in [5.74, 6) is 0.547. The van der Waals surface area contributed by atoms with Crippen LogP contribution in [0.25, 0.3) is 21.0 Å². The summed E-state index contributed by atoms with van der Waals surface area (Å²) in [5, 5.41) is 0.724. The van der Waals surface area contributed by atoms with E-state index in [9.17, 15) is 13.2 Å². The number of furan rings is 1. The Morgan fingerprint density at radius 1 is 1.11 bits per heavy atom. The molecule has 0 unspecified atom stereocenters. The molecule has 1 aliphatic rings. The first-order chi connectivity index (χ1) is 13.4. The number of benzene rings is 1. The molecule has 3 aromatic rings. The molecular weight excluding hydrogens is 400 g/mol. The van der Waals surface area contributed by atoms with Gasteiger partial charge in [-0.25, -0.2) is 4.98 Å². The first-order valence-electron chi connectivity index (χ1n) is 8.79. The molecule has 0 bridgehead atoms. The lowest BCUT2D eigenvalue weighted by atomic mass is 10.3. The SMILES string of the molecule is CN(C)S(=O)(=O)N1CCN(C(=O)c2ccc(-c3nc4ccccc4s3)o2)CC1. The number of carbonyl (C=O) groups excluding carboxylic acids is 1. The van der Waals surface area contributed by atoms with Gasteiger partial charge in [-0.2, -0.15) is 17.0 Å². The number of nitrogens with zero attached hydrogens (tertiary/aromatic N) is 4. The van der Waals surface area contributed by atoms with Gasteiger partial charge in [0.1, 0.15) is 0 Å². The summed E-state index contributed by atoms with van der Waals surface area (Å²) in [5.41, 5.74) is 0.894. The van der Waals surface area contributed by atoms with Crippen LogP contribution in [0.3, 0.4) is 0 Å². The number of amides is 1. The van der Waals surface area contributed by atoms with E-state index in [1.807, 2.05) is 24.3 Å². The molecule has 1 fully saturated rings. The van der Waals surface area contributed by atoms with Gasteiger partial charge >= 0.3 is 0 Å². The van der Waals surface area contributed by atoms with E-state index in [1.165, 1.54) is 34.0 Å². The number of thiazole rings is 1. The van der Waals surface area contributed by atoms with Crippen LogP contribution in [0.15, 0.2) is 40.8 Å². The lowest BCUT2D eigenvalue weighted by Gasteiger charge is -2.34. The quantitative estimate of drug-likeness (QED) is 0.645. The van der Waals surface area contributed by atoms with Crippen molar-refractivity contribution < 1.29 is 17.6 Å². The number of aromatic nitrogens is 1. The Kier molecular flexibility index (Phi) is 4.96. The highest BCUT2D eigenvalue weighted by atomic mass is 32.2. The maximum absolute atomic E-state index is 12.7. The molecule has 0 aliphatic carbocycles. The van der Waals surface area contributed by atoms with Crippen molar-refractivity contribution in [2.75, 3.05) is 40.3 Å².